The van der Waals surface area contributed by atoms with Crippen LogP contribution in [0.1, 0.15) is 36.1 Å². The molecule has 1 aliphatic carbocycles. The smallest absolute Gasteiger partial charge is 0.163 e. The molecule has 0 saturated carbocycles. The van der Waals surface area contributed by atoms with Crippen LogP contribution < -0.4 is 0 Å². The van der Waals surface area contributed by atoms with Gasteiger partial charge in [-0.05, 0) is 78.3 Å². The normalized spacial score (nSPS) is 13.6. The molecule has 1 N–H and O–H groups in total. The maximum Gasteiger partial charge on any atom is 0.163 e. The van der Waals surface area contributed by atoms with Crippen molar-refractivity contribution < 1.29 is 0 Å². The van der Waals surface area contributed by atoms with E-state index in [4.69, 9.17) is 15.4 Å². The topological polar surface area (TPSA) is 53.5 Å². The molecule has 4 nitrogen and oxygen atoms in total. The molecular formula is C54H38N4. The van der Waals surface area contributed by atoms with Crippen LogP contribution in [0.3, 0.4) is 0 Å². The molecule has 1 aromatic heterocycles. The Balaban J connectivity index is 1.16. The van der Waals surface area contributed by atoms with Crippen molar-refractivity contribution in [2.45, 2.75) is 19.3 Å². The van der Waals surface area contributed by atoms with Gasteiger partial charge in [0.1, 0.15) is 6.34 Å². The lowest BCUT2D eigenvalue weighted by molar-refractivity contribution is 0.661. The van der Waals surface area contributed by atoms with Gasteiger partial charge in [-0.3, -0.25) is 9.98 Å². The molecule has 0 bridgehead atoms. The first-order valence-electron chi connectivity index (χ1n) is 19.8. The van der Waals surface area contributed by atoms with Crippen molar-refractivity contribution in [1.82, 2.24) is 4.57 Å². The second-order valence-corrected chi connectivity index (χ2v) is 15.8. The molecule has 58 heavy (non-hydrogen) atoms. The van der Waals surface area contributed by atoms with Crippen molar-refractivity contribution >= 4 is 72.1 Å². The molecule has 0 fully saturated rings. The fraction of sp³-hybridized carbons (Fsp3) is 0.0556. The lowest BCUT2D eigenvalue weighted by atomic mass is 9.82. The van der Waals surface area contributed by atoms with E-state index in [0.717, 1.165) is 49.4 Å². The van der Waals surface area contributed by atoms with Gasteiger partial charge in [0.15, 0.2) is 11.7 Å². The number of aromatic nitrogens is 1. The Labute approximate surface area is 336 Å². The highest BCUT2D eigenvalue weighted by atomic mass is 15.1. The Hall–Kier alpha value is -7.43. The van der Waals surface area contributed by atoms with E-state index in [9.17, 15) is 0 Å². The Morgan fingerprint density at radius 1 is 0.534 bits per heavy atom. The van der Waals surface area contributed by atoms with Gasteiger partial charge in [-0.2, -0.15) is 0 Å². The molecule has 1 aliphatic rings. The Bertz CT molecular complexity index is 3380. The van der Waals surface area contributed by atoms with Crippen molar-refractivity contribution in [1.29, 1.82) is 5.41 Å². The van der Waals surface area contributed by atoms with Crippen LogP contribution in [-0.4, -0.2) is 22.6 Å². The van der Waals surface area contributed by atoms with Gasteiger partial charge in [0.05, 0.1) is 11.0 Å². The predicted molar refractivity (Wildman–Crippen MR) is 245 cm³/mol. The number of nitrogens with one attached hydrogen (secondary N) is 1. The first-order chi connectivity index (χ1) is 28.4. The zero-order valence-electron chi connectivity index (χ0n) is 32.2. The van der Waals surface area contributed by atoms with E-state index >= 15 is 0 Å². The molecule has 9 aromatic carbocycles. The van der Waals surface area contributed by atoms with Gasteiger partial charge >= 0.3 is 0 Å². The molecule has 274 valence electrons. The van der Waals surface area contributed by atoms with E-state index in [2.05, 4.69) is 158 Å². The average Bonchev–Trinajstić information content (AvgIpc) is 3.73. The SMILES string of the molecule is CC1(C)c2ccc(-c3cccc4c5c6ccccc6ccc5n(C=NC(=NC(=N)c5ccccc5)c5ccc6ccccc6c5)c34)cc2-c2c1ccc1ccccc21. The fourth-order valence-corrected chi connectivity index (χ4v) is 9.29. The first-order valence-corrected chi connectivity index (χ1v) is 19.8. The molecule has 11 rings (SSSR count). The number of rotatable bonds is 4. The van der Waals surface area contributed by atoms with E-state index in [1.54, 1.807) is 0 Å². The third-order valence-electron chi connectivity index (χ3n) is 12.2. The summed E-state index contributed by atoms with van der Waals surface area (Å²) in [5, 5.41) is 18.5. The van der Waals surface area contributed by atoms with Gasteiger partial charge in [0.2, 0.25) is 0 Å². The van der Waals surface area contributed by atoms with Crippen LogP contribution in [-0.2, 0) is 5.41 Å². The molecular weight excluding hydrogens is 705 g/mol. The average molecular weight is 743 g/mol. The van der Waals surface area contributed by atoms with Gasteiger partial charge in [-0.25, -0.2) is 9.98 Å². The van der Waals surface area contributed by atoms with Crippen molar-refractivity contribution in [3.8, 4) is 22.3 Å². The molecule has 0 radical (unpaired) electrons. The Kier molecular flexibility index (Phi) is 7.64. The van der Waals surface area contributed by atoms with Gasteiger partial charge in [-0.15, -0.1) is 0 Å². The van der Waals surface area contributed by atoms with Gasteiger partial charge in [0.25, 0.3) is 0 Å². The van der Waals surface area contributed by atoms with Gasteiger partial charge in [-0.1, -0.05) is 178 Å². The van der Waals surface area contributed by atoms with Crippen LogP contribution in [0.15, 0.2) is 192 Å². The van der Waals surface area contributed by atoms with Crippen molar-refractivity contribution in [3.05, 3.63) is 204 Å². The third kappa shape index (κ3) is 5.26. The monoisotopic (exact) mass is 742 g/mol. The largest absolute Gasteiger partial charge is 0.299 e. The molecule has 1 heterocycles. The minimum absolute atomic E-state index is 0.119. The number of amidine groups is 2. The summed E-state index contributed by atoms with van der Waals surface area (Å²) in [6.45, 7) is 4.69. The molecule has 0 spiro atoms. The van der Waals surface area contributed by atoms with Crippen molar-refractivity contribution in [2.24, 2.45) is 9.98 Å². The van der Waals surface area contributed by atoms with Crippen LogP contribution in [0.5, 0.6) is 0 Å². The summed E-state index contributed by atoms with van der Waals surface area (Å²) in [4.78, 5) is 10.1. The molecule has 10 aromatic rings. The molecule has 0 aliphatic heterocycles. The molecule has 0 saturated heterocycles. The molecule has 0 atom stereocenters. The Morgan fingerprint density at radius 3 is 2.02 bits per heavy atom. The van der Waals surface area contributed by atoms with Crippen molar-refractivity contribution in [3.63, 3.8) is 0 Å². The lowest BCUT2D eigenvalue weighted by Crippen LogP contribution is -2.14. The second kappa shape index (κ2) is 13.1. The predicted octanol–water partition coefficient (Wildman–Crippen LogP) is 13.6. The second-order valence-electron chi connectivity index (χ2n) is 15.8. The zero-order valence-corrected chi connectivity index (χ0v) is 32.2. The number of aliphatic imine (C=N–C) groups is 2. The maximum absolute atomic E-state index is 9.05. The van der Waals surface area contributed by atoms with E-state index in [1.807, 2.05) is 48.8 Å². The zero-order chi connectivity index (χ0) is 39.0. The molecule has 0 amide bonds. The molecule has 0 unspecified atom stereocenters. The van der Waals surface area contributed by atoms with E-state index in [-0.39, 0.29) is 11.3 Å². The van der Waals surface area contributed by atoms with Crippen LogP contribution in [0.4, 0.5) is 0 Å². The van der Waals surface area contributed by atoms with E-state index in [1.165, 1.54) is 49.2 Å². The van der Waals surface area contributed by atoms with Crippen LogP contribution >= 0.6 is 0 Å². The van der Waals surface area contributed by atoms with Gasteiger partial charge in [0, 0.05) is 32.9 Å². The first kappa shape index (κ1) is 33.9. The number of nitrogens with zero attached hydrogens (tertiary/aromatic N) is 3. The van der Waals surface area contributed by atoms with Crippen LogP contribution in [0, 0.1) is 5.41 Å². The number of hydrogen-bond donors (Lipinski definition) is 1. The van der Waals surface area contributed by atoms with Gasteiger partial charge < -0.3 is 0 Å². The quantitative estimate of drug-likeness (QED) is 0.138. The fourth-order valence-electron chi connectivity index (χ4n) is 9.29. The van der Waals surface area contributed by atoms with Crippen molar-refractivity contribution in [2.75, 3.05) is 0 Å². The molecule has 4 heteroatoms. The standard InChI is InChI=1S/C54H38N4/c1-54(2)46-28-26-39(32-45(46)49-41-19-10-8-14-35(41)25-29-47(49)54)43-21-12-22-44-50-42-20-11-9-15-36(42)27-30-48(50)58(51(43)44)33-56-53(57-52(55)37-16-4-3-5-17-37)40-24-23-34-13-6-7-18-38(34)31-40/h3-33,55H,1-2H3. The van der Waals surface area contributed by atoms with Crippen LogP contribution in [0.25, 0.3) is 76.4 Å². The summed E-state index contributed by atoms with van der Waals surface area (Å²) in [5.74, 6) is 0.625. The van der Waals surface area contributed by atoms with Crippen LogP contribution in [0.2, 0.25) is 0 Å². The highest BCUT2D eigenvalue weighted by molar-refractivity contribution is 6.25. The summed E-state index contributed by atoms with van der Waals surface area (Å²) in [6.07, 6.45) is 1.91. The third-order valence-corrected chi connectivity index (χ3v) is 12.2. The minimum atomic E-state index is -0.119. The summed E-state index contributed by atoms with van der Waals surface area (Å²) in [6, 6.07) is 64.3. The summed E-state index contributed by atoms with van der Waals surface area (Å²) in [7, 11) is 0. The maximum atomic E-state index is 9.05. The minimum Gasteiger partial charge on any atom is -0.299 e. The summed E-state index contributed by atoms with van der Waals surface area (Å²) >= 11 is 0. The number of fused-ring (bicyclic) bond motifs is 11. The number of hydrogen-bond acceptors (Lipinski definition) is 1. The van der Waals surface area contributed by atoms with E-state index in [0.29, 0.717) is 5.84 Å². The highest BCUT2D eigenvalue weighted by Crippen LogP contribution is 2.52. The summed E-state index contributed by atoms with van der Waals surface area (Å²) < 4.78 is 2.23. The number of benzene rings is 9. The Morgan fingerprint density at radius 2 is 1.19 bits per heavy atom. The van der Waals surface area contributed by atoms with E-state index < -0.39 is 0 Å². The lowest BCUT2D eigenvalue weighted by Gasteiger charge is -2.21. The summed E-state index contributed by atoms with van der Waals surface area (Å²) in [5.41, 5.74) is 11.2. The number of para-hydroxylation sites is 1. The highest BCUT2D eigenvalue weighted by Gasteiger charge is 2.36.